The highest BCUT2D eigenvalue weighted by atomic mass is 35.5. The van der Waals surface area contributed by atoms with Crippen LogP contribution in [-0.4, -0.2) is 7.05 Å². The third-order valence-electron chi connectivity index (χ3n) is 2.85. The Morgan fingerprint density at radius 2 is 1.85 bits per heavy atom. The molecule has 0 amide bonds. The van der Waals surface area contributed by atoms with Crippen molar-refractivity contribution in [1.29, 1.82) is 5.26 Å². The molecule has 0 unspecified atom stereocenters. The molecule has 0 saturated heterocycles. The summed E-state index contributed by atoms with van der Waals surface area (Å²) in [6.45, 7) is 0.775. The van der Waals surface area contributed by atoms with Crippen LogP contribution in [0, 0.1) is 11.3 Å². The quantitative estimate of drug-likeness (QED) is 0.840. The van der Waals surface area contributed by atoms with Crippen LogP contribution in [0.25, 0.3) is 0 Å². The number of rotatable bonds is 5. The highest BCUT2D eigenvalue weighted by molar-refractivity contribution is 7.98. The minimum Gasteiger partial charge on any atom is -0.316 e. The lowest BCUT2D eigenvalue weighted by molar-refractivity contribution is 0.816. The summed E-state index contributed by atoms with van der Waals surface area (Å²) >= 11 is 7.54. The van der Waals surface area contributed by atoms with E-state index in [1.54, 1.807) is 11.8 Å². The first-order valence-electron chi connectivity index (χ1n) is 6.28. The van der Waals surface area contributed by atoms with E-state index in [2.05, 4.69) is 17.5 Å². The van der Waals surface area contributed by atoms with Crippen LogP contribution in [0.2, 0.25) is 5.02 Å². The molecule has 0 aliphatic heterocycles. The van der Waals surface area contributed by atoms with Gasteiger partial charge in [0.25, 0.3) is 0 Å². The standard InChI is InChI=1S/C16H15ClN2S/c1-19-10-13-4-7-16(14(8-13)9-18)20-11-12-2-5-15(17)6-3-12/h2-8,19H,10-11H2,1H3. The Morgan fingerprint density at radius 1 is 1.15 bits per heavy atom. The Morgan fingerprint density at radius 3 is 2.50 bits per heavy atom. The molecular weight excluding hydrogens is 288 g/mol. The van der Waals surface area contributed by atoms with Gasteiger partial charge in [0.15, 0.2) is 0 Å². The Bertz CT molecular complexity index is 617. The van der Waals surface area contributed by atoms with E-state index in [-0.39, 0.29) is 0 Å². The topological polar surface area (TPSA) is 35.8 Å². The second-order valence-electron chi connectivity index (χ2n) is 4.39. The lowest BCUT2D eigenvalue weighted by atomic mass is 10.1. The molecule has 0 atom stereocenters. The number of halogens is 1. The molecule has 0 radical (unpaired) electrons. The molecular formula is C16H15ClN2S. The number of benzene rings is 2. The molecule has 102 valence electrons. The fourth-order valence-corrected chi connectivity index (χ4v) is 2.91. The van der Waals surface area contributed by atoms with Gasteiger partial charge in [-0.2, -0.15) is 5.26 Å². The van der Waals surface area contributed by atoms with Crippen molar-refractivity contribution in [2.24, 2.45) is 0 Å². The Hall–Kier alpha value is -1.47. The van der Waals surface area contributed by atoms with E-state index in [4.69, 9.17) is 11.6 Å². The average Bonchev–Trinajstić information content (AvgIpc) is 2.47. The predicted molar refractivity (Wildman–Crippen MR) is 84.9 cm³/mol. The Kier molecular flexibility index (Phi) is 5.49. The Balaban J connectivity index is 2.09. The van der Waals surface area contributed by atoms with Gasteiger partial charge in [0.2, 0.25) is 0 Å². The van der Waals surface area contributed by atoms with Crippen LogP contribution in [0.3, 0.4) is 0 Å². The van der Waals surface area contributed by atoms with E-state index < -0.39 is 0 Å². The van der Waals surface area contributed by atoms with E-state index in [1.165, 1.54) is 5.56 Å². The van der Waals surface area contributed by atoms with Crippen LogP contribution in [-0.2, 0) is 12.3 Å². The van der Waals surface area contributed by atoms with Crippen molar-refractivity contribution in [2.45, 2.75) is 17.2 Å². The van der Waals surface area contributed by atoms with Crippen LogP contribution in [0.5, 0.6) is 0 Å². The van der Waals surface area contributed by atoms with E-state index in [0.29, 0.717) is 0 Å². The van der Waals surface area contributed by atoms with Gasteiger partial charge in [-0.3, -0.25) is 0 Å². The van der Waals surface area contributed by atoms with Gasteiger partial charge in [-0.1, -0.05) is 29.8 Å². The monoisotopic (exact) mass is 302 g/mol. The molecule has 2 aromatic rings. The van der Waals surface area contributed by atoms with Gasteiger partial charge >= 0.3 is 0 Å². The lowest BCUT2D eigenvalue weighted by Gasteiger charge is -2.07. The van der Waals surface area contributed by atoms with Gasteiger partial charge < -0.3 is 5.32 Å². The summed E-state index contributed by atoms with van der Waals surface area (Å²) in [6, 6.07) is 16.1. The molecule has 1 N–H and O–H groups in total. The van der Waals surface area contributed by atoms with Crippen LogP contribution < -0.4 is 5.32 Å². The van der Waals surface area contributed by atoms with Gasteiger partial charge in [0.1, 0.15) is 6.07 Å². The summed E-state index contributed by atoms with van der Waals surface area (Å²) in [5, 5.41) is 13.1. The second kappa shape index (κ2) is 7.35. The van der Waals surface area contributed by atoms with Crippen molar-refractivity contribution in [1.82, 2.24) is 5.32 Å². The maximum atomic E-state index is 9.24. The van der Waals surface area contributed by atoms with Crippen LogP contribution in [0.1, 0.15) is 16.7 Å². The third-order valence-corrected chi connectivity index (χ3v) is 4.25. The third kappa shape index (κ3) is 4.01. The minimum atomic E-state index is 0.733. The van der Waals surface area contributed by atoms with E-state index in [1.807, 2.05) is 43.4 Å². The molecule has 0 bridgehead atoms. The van der Waals surface area contributed by atoms with Gasteiger partial charge in [-0.05, 0) is 42.4 Å². The van der Waals surface area contributed by atoms with Crippen LogP contribution >= 0.6 is 23.4 Å². The van der Waals surface area contributed by atoms with Gasteiger partial charge in [-0.15, -0.1) is 11.8 Å². The first-order chi connectivity index (χ1) is 9.72. The second-order valence-corrected chi connectivity index (χ2v) is 5.84. The van der Waals surface area contributed by atoms with Crippen molar-refractivity contribution < 1.29 is 0 Å². The fourth-order valence-electron chi connectivity index (χ4n) is 1.85. The van der Waals surface area contributed by atoms with Crippen molar-refractivity contribution >= 4 is 23.4 Å². The molecule has 0 spiro atoms. The molecule has 2 aromatic carbocycles. The molecule has 0 fully saturated rings. The number of nitriles is 1. The smallest absolute Gasteiger partial charge is 0.100 e. The number of hydrogen-bond donors (Lipinski definition) is 1. The summed E-state index contributed by atoms with van der Waals surface area (Å²) in [4.78, 5) is 1.02. The first-order valence-corrected chi connectivity index (χ1v) is 7.64. The van der Waals surface area contributed by atoms with Crippen molar-refractivity contribution in [3.05, 3.63) is 64.2 Å². The van der Waals surface area contributed by atoms with Crippen LogP contribution in [0.15, 0.2) is 47.4 Å². The summed E-state index contributed by atoms with van der Waals surface area (Å²) in [7, 11) is 1.90. The van der Waals surface area contributed by atoms with Crippen molar-refractivity contribution in [3.8, 4) is 6.07 Å². The summed E-state index contributed by atoms with van der Waals surface area (Å²) in [6.07, 6.45) is 0. The molecule has 0 aliphatic rings. The highest BCUT2D eigenvalue weighted by Gasteiger charge is 2.05. The van der Waals surface area contributed by atoms with Crippen molar-refractivity contribution in [3.63, 3.8) is 0 Å². The largest absolute Gasteiger partial charge is 0.316 e. The number of nitrogens with one attached hydrogen (secondary N) is 1. The normalized spacial score (nSPS) is 10.2. The van der Waals surface area contributed by atoms with E-state index >= 15 is 0 Å². The minimum absolute atomic E-state index is 0.733. The molecule has 0 aliphatic carbocycles. The van der Waals surface area contributed by atoms with Gasteiger partial charge in [0.05, 0.1) is 5.56 Å². The maximum Gasteiger partial charge on any atom is 0.100 e. The predicted octanol–water partition coefficient (Wildman–Crippen LogP) is 4.22. The van der Waals surface area contributed by atoms with E-state index in [0.717, 1.165) is 33.3 Å². The zero-order valence-corrected chi connectivity index (χ0v) is 12.8. The van der Waals surface area contributed by atoms with E-state index in [9.17, 15) is 5.26 Å². The zero-order valence-electron chi connectivity index (χ0n) is 11.2. The zero-order chi connectivity index (χ0) is 14.4. The molecule has 0 aromatic heterocycles. The van der Waals surface area contributed by atoms with Gasteiger partial charge in [0, 0.05) is 22.2 Å². The summed E-state index contributed by atoms with van der Waals surface area (Å²) in [5.41, 5.74) is 3.05. The molecule has 2 nitrogen and oxygen atoms in total. The molecule has 0 saturated carbocycles. The molecule has 20 heavy (non-hydrogen) atoms. The number of nitrogens with zero attached hydrogens (tertiary/aromatic N) is 1. The molecule has 2 rings (SSSR count). The van der Waals surface area contributed by atoms with Gasteiger partial charge in [-0.25, -0.2) is 0 Å². The van der Waals surface area contributed by atoms with Crippen LogP contribution in [0.4, 0.5) is 0 Å². The average molecular weight is 303 g/mol. The number of thioether (sulfide) groups is 1. The van der Waals surface area contributed by atoms with Crippen molar-refractivity contribution in [2.75, 3.05) is 7.05 Å². The maximum absolute atomic E-state index is 9.24. The number of hydrogen-bond acceptors (Lipinski definition) is 3. The summed E-state index contributed by atoms with van der Waals surface area (Å²) < 4.78 is 0. The Labute approximate surface area is 128 Å². The highest BCUT2D eigenvalue weighted by Crippen LogP contribution is 2.27. The summed E-state index contributed by atoms with van der Waals surface area (Å²) in [5.74, 6) is 0.831. The lowest BCUT2D eigenvalue weighted by Crippen LogP contribution is -2.05. The molecule has 4 heteroatoms. The molecule has 0 heterocycles. The fraction of sp³-hybridized carbons (Fsp3) is 0.188. The first kappa shape index (κ1) is 14.9. The SMILES string of the molecule is CNCc1ccc(SCc2ccc(Cl)cc2)c(C#N)c1.